The van der Waals surface area contributed by atoms with Crippen molar-refractivity contribution >= 4 is 5.91 Å². The number of carbonyl (C=O) groups excluding carboxylic acids is 1. The zero-order chi connectivity index (χ0) is 19.8. The fourth-order valence-electron chi connectivity index (χ4n) is 4.10. The first kappa shape index (κ1) is 19.2. The van der Waals surface area contributed by atoms with E-state index in [1.165, 1.54) is 5.56 Å². The molecule has 1 aliphatic carbocycles. The zero-order valence-electron chi connectivity index (χ0n) is 17.3. The summed E-state index contributed by atoms with van der Waals surface area (Å²) in [6, 6.07) is 4.43. The molecule has 2 aliphatic rings. The van der Waals surface area contributed by atoms with E-state index < -0.39 is 0 Å². The van der Waals surface area contributed by atoms with E-state index in [0.29, 0.717) is 19.2 Å². The molecular formula is C21H30N4O3. The van der Waals surface area contributed by atoms with Crippen molar-refractivity contribution in [2.75, 3.05) is 26.8 Å². The summed E-state index contributed by atoms with van der Waals surface area (Å²) in [5.74, 6) is 1.81. The molecule has 2 fully saturated rings. The number of carbonyl (C=O) groups is 1. The van der Waals surface area contributed by atoms with Gasteiger partial charge < -0.3 is 14.1 Å². The molecule has 2 aromatic heterocycles. The summed E-state index contributed by atoms with van der Waals surface area (Å²) >= 11 is 0. The Morgan fingerprint density at radius 1 is 1.29 bits per heavy atom. The molecule has 0 spiro atoms. The summed E-state index contributed by atoms with van der Waals surface area (Å²) in [4.78, 5) is 17.4. The molecule has 1 saturated heterocycles. The molecule has 1 aliphatic heterocycles. The minimum Gasteiger partial charge on any atom is -0.464 e. The van der Waals surface area contributed by atoms with Crippen LogP contribution in [-0.2, 0) is 22.6 Å². The highest BCUT2D eigenvalue weighted by Crippen LogP contribution is 2.31. The average molecular weight is 386 g/mol. The maximum absolute atomic E-state index is 13.1. The minimum absolute atomic E-state index is 0.0990. The van der Waals surface area contributed by atoms with Gasteiger partial charge in [0.25, 0.3) is 0 Å². The number of hydrogen-bond donors (Lipinski definition) is 0. The highest BCUT2D eigenvalue weighted by atomic mass is 16.5. The summed E-state index contributed by atoms with van der Waals surface area (Å²) in [7, 11) is 2.12. The molecule has 1 saturated carbocycles. The monoisotopic (exact) mass is 386 g/mol. The van der Waals surface area contributed by atoms with Gasteiger partial charge in [-0.1, -0.05) is 0 Å². The fourth-order valence-corrected chi connectivity index (χ4v) is 4.10. The van der Waals surface area contributed by atoms with Gasteiger partial charge in [0.2, 0.25) is 5.91 Å². The van der Waals surface area contributed by atoms with E-state index in [1.54, 1.807) is 0 Å². The van der Waals surface area contributed by atoms with Crippen LogP contribution >= 0.6 is 0 Å². The van der Waals surface area contributed by atoms with Crippen LogP contribution in [0.2, 0.25) is 0 Å². The normalized spacial score (nSPS) is 20.5. The largest absolute Gasteiger partial charge is 0.464 e. The molecule has 1 amide bonds. The Bertz CT molecular complexity index is 852. The number of rotatable bonds is 6. The molecular weight excluding hydrogens is 356 g/mol. The summed E-state index contributed by atoms with van der Waals surface area (Å²) in [6.45, 7) is 9.15. The Morgan fingerprint density at radius 3 is 2.71 bits per heavy atom. The number of nitrogens with zero attached hydrogens (tertiary/aromatic N) is 4. The van der Waals surface area contributed by atoms with Gasteiger partial charge in [-0.05, 0) is 52.8 Å². The molecule has 152 valence electrons. The fraction of sp³-hybridized carbons (Fsp3) is 0.619. The molecule has 4 rings (SSSR count). The second-order valence-electron chi connectivity index (χ2n) is 8.08. The predicted molar refractivity (Wildman–Crippen MR) is 105 cm³/mol. The Hall–Kier alpha value is -2.12. The molecule has 3 heterocycles. The van der Waals surface area contributed by atoms with Crippen LogP contribution in [0.1, 0.15) is 47.4 Å². The van der Waals surface area contributed by atoms with Crippen molar-refractivity contribution in [3.8, 4) is 0 Å². The molecule has 0 radical (unpaired) electrons. The lowest BCUT2D eigenvalue weighted by atomic mass is 10.0. The quantitative estimate of drug-likeness (QED) is 0.764. The number of aryl methyl sites for hydroxylation is 2. The molecule has 0 bridgehead atoms. The Labute approximate surface area is 166 Å². The number of hydrogen-bond acceptors (Lipinski definition) is 5. The lowest BCUT2D eigenvalue weighted by Gasteiger charge is -2.32. The van der Waals surface area contributed by atoms with Crippen molar-refractivity contribution in [2.24, 2.45) is 0 Å². The minimum atomic E-state index is 0.0990. The zero-order valence-corrected chi connectivity index (χ0v) is 17.3. The summed E-state index contributed by atoms with van der Waals surface area (Å²) in [5, 5.41) is 4.70. The van der Waals surface area contributed by atoms with Crippen molar-refractivity contribution in [1.82, 2.24) is 19.6 Å². The number of aromatic nitrogens is 2. The van der Waals surface area contributed by atoms with E-state index >= 15 is 0 Å². The molecule has 2 aromatic rings. The number of morpholine rings is 1. The molecule has 0 N–H and O–H groups in total. The third-order valence-electron chi connectivity index (χ3n) is 5.88. The van der Waals surface area contributed by atoms with Gasteiger partial charge in [-0.2, -0.15) is 5.10 Å². The number of furan rings is 1. The van der Waals surface area contributed by atoms with E-state index in [0.717, 1.165) is 48.9 Å². The van der Waals surface area contributed by atoms with E-state index in [-0.39, 0.29) is 18.5 Å². The van der Waals surface area contributed by atoms with Crippen LogP contribution in [0.25, 0.3) is 0 Å². The van der Waals surface area contributed by atoms with Gasteiger partial charge in [0, 0.05) is 23.8 Å². The molecule has 1 atom stereocenters. The predicted octanol–water partition coefficient (Wildman–Crippen LogP) is 2.60. The third-order valence-corrected chi connectivity index (χ3v) is 5.88. The van der Waals surface area contributed by atoms with Crippen LogP contribution < -0.4 is 0 Å². The van der Waals surface area contributed by atoms with Crippen LogP contribution in [0, 0.1) is 20.8 Å². The first-order chi connectivity index (χ1) is 13.4. The summed E-state index contributed by atoms with van der Waals surface area (Å²) < 4.78 is 13.2. The van der Waals surface area contributed by atoms with Gasteiger partial charge in [0.1, 0.15) is 18.1 Å². The molecule has 7 heteroatoms. The van der Waals surface area contributed by atoms with Gasteiger partial charge in [0.05, 0.1) is 31.5 Å². The van der Waals surface area contributed by atoms with Gasteiger partial charge in [-0.25, -0.2) is 0 Å². The standard InChI is InChI=1S/C21H30N4O3/c1-14-5-8-18(28-14)11-24(17-6-7-17)20(26)12-25-16(3)21(15(2)22-25)19-13-27-10-9-23(19)4/h5,8,17,19H,6-7,9-13H2,1-4H3. The van der Waals surface area contributed by atoms with Gasteiger partial charge >= 0.3 is 0 Å². The third kappa shape index (κ3) is 3.86. The number of amides is 1. The molecule has 7 nitrogen and oxygen atoms in total. The lowest BCUT2D eigenvalue weighted by molar-refractivity contribution is -0.133. The van der Waals surface area contributed by atoms with Crippen LogP contribution in [0.4, 0.5) is 0 Å². The smallest absolute Gasteiger partial charge is 0.244 e. The van der Waals surface area contributed by atoms with Crippen molar-refractivity contribution in [3.05, 3.63) is 40.6 Å². The van der Waals surface area contributed by atoms with Crippen molar-refractivity contribution in [2.45, 2.75) is 58.8 Å². The van der Waals surface area contributed by atoms with Crippen LogP contribution in [0.3, 0.4) is 0 Å². The van der Waals surface area contributed by atoms with Crippen molar-refractivity contribution < 1.29 is 13.9 Å². The first-order valence-corrected chi connectivity index (χ1v) is 10.1. The summed E-state index contributed by atoms with van der Waals surface area (Å²) in [6.07, 6.45) is 2.13. The Morgan fingerprint density at radius 2 is 2.07 bits per heavy atom. The number of likely N-dealkylation sites (N-methyl/N-ethyl adjacent to an activating group) is 1. The Kier molecular flexibility index (Phi) is 5.29. The van der Waals surface area contributed by atoms with E-state index in [9.17, 15) is 4.79 Å². The topological polar surface area (TPSA) is 63.7 Å². The van der Waals surface area contributed by atoms with E-state index in [4.69, 9.17) is 14.3 Å². The van der Waals surface area contributed by atoms with Crippen LogP contribution in [-0.4, -0.2) is 58.3 Å². The van der Waals surface area contributed by atoms with Gasteiger partial charge in [-0.15, -0.1) is 0 Å². The molecule has 0 aromatic carbocycles. The number of ether oxygens (including phenoxy) is 1. The van der Waals surface area contributed by atoms with Gasteiger partial charge in [-0.3, -0.25) is 14.4 Å². The second kappa shape index (κ2) is 7.72. The van der Waals surface area contributed by atoms with Crippen molar-refractivity contribution in [1.29, 1.82) is 0 Å². The maximum Gasteiger partial charge on any atom is 0.244 e. The van der Waals surface area contributed by atoms with Crippen LogP contribution in [0.15, 0.2) is 16.5 Å². The van der Waals surface area contributed by atoms with Gasteiger partial charge in [0.15, 0.2) is 0 Å². The van der Waals surface area contributed by atoms with E-state index in [1.807, 2.05) is 35.6 Å². The maximum atomic E-state index is 13.1. The molecule has 28 heavy (non-hydrogen) atoms. The highest BCUT2D eigenvalue weighted by molar-refractivity contribution is 5.76. The summed E-state index contributed by atoms with van der Waals surface area (Å²) in [5.41, 5.74) is 3.22. The lowest BCUT2D eigenvalue weighted by Crippen LogP contribution is -2.37. The average Bonchev–Trinajstić information content (AvgIpc) is 3.36. The second-order valence-corrected chi connectivity index (χ2v) is 8.08. The van der Waals surface area contributed by atoms with Crippen molar-refractivity contribution in [3.63, 3.8) is 0 Å². The molecule has 1 unspecified atom stereocenters. The first-order valence-electron chi connectivity index (χ1n) is 10.1. The highest BCUT2D eigenvalue weighted by Gasteiger charge is 2.34. The SMILES string of the molecule is Cc1ccc(CN(C(=O)Cn2nc(C)c(C3COCCN3C)c2C)C2CC2)o1. The Balaban J connectivity index is 1.51. The van der Waals surface area contributed by atoms with E-state index in [2.05, 4.69) is 18.9 Å². The van der Waals surface area contributed by atoms with Crippen LogP contribution in [0.5, 0.6) is 0 Å².